The van der Waals surface area contributed by atoms with Crippen molar-refractivity contribution >= 4 is 17.7 Å². The van der Waals surface area contributed by atoms with Gasteiger partial charge in [0, 0.05) is 12.0 Å². The number of nitrogens with zero attached hydrogens (tertiary/aromatic N) is 1. The number of benzene rings is 3. The molecule has 0 aliphatic carbocycles. The van der Waals surface area contributed by atoms with Crippen LogP contribution in [0.4, 0.5) is 14.9 Å². The van der Waals surface area contributed by atoms with Crippen LogP contribution in [0.2, 0.25) is 0 Å². The lowest BCUT2D eigenvalue weighted by Crippen LogP contribution is -2.16. The second-order valence-corrected chi connectivity index (χ2v) is 7.92. The van der Waals surface area contributed by atoms with Crippen molar-refractivity contribution in [1.82, 2.24) is 5.16 Å². The first kappa shape index (κ1) is 23.7. The third-order valence-electron chi connectivity index (χ3n) is 5.44. The van der Waals surface area contributed by atoms with Gasteiger partial charge in [-0.05, 0) is 35.2 Å². The van der Waals surface area contributed by atoms with Gasteiger partial charge >= 0.3 is 12.1 Å². The van der Waals surface area contributed by atoms with Gasteiger partial charge in [0.05, 0.1) is 13.0 Å². The fourth-order valence-electron chi connectivity index (χ4n) is 3.61. The Balaban J connectivity index is 1.41. The van der Waals surface area contributed by atoms with Crippen molar-refractivity contribution in [3.05, 3.63) is 95.4 Å². The first-order chi connectivity index (χ1) is 16.9. The highest BCUT2D eigenvalue weighted by molar-refractivity contribution is 5.91. The number of carbonyl (C=O) groups is 2. The van der Waals surface area contributed by atoms with Crippen LogP contribution in [0.15, 0.2) is 77.3 Å². The molecule has 35 heavy (non-hydrogen) atoms. The fraction of sp³-hybridized carbons (Fsp3) is 0.148. The van der Waals surface area contributed by atoms with E-state index >= 15 is 0 Å². The number of aliphatic carboxylic acids is 1. The summed E-state index contributed by atoms with van der Waals surface area (Å²) < 4.78 is 24.4. The molecule has 4 aromatic rings. The average molecular weight is 474 g/mol. The molecule has 3 aromatic carbocycles. The minimum atomic E-state index is -0.872. The predicted octanol–water partition coefficient (Wildman–Crippen LogP) is 5.87. The molecular weight excluding hydrogens is 451 g/mol. The number of halogens is 1. The van der Waals surface area contributed by atoms with Crippen molar-refractivity contribution in [2.24, 2.45) is 0 Å². The number of carbonyl (C=O) groups excluding carboxylic acids is 1. The van der Waals surface area contributed by atoms with E-state index in [1.165, 1.54) is 6.07 Å². The normalized spacial score (nSPS) is 10.7. The van der Waals surface area contributed by atoms with E-state index in [9.17, 15) is 14.0 Å². The van der Waals surface area contributed by atoms with Gasteiger partial charge in [-0.2, -0.15) is 0 Å². The summed E-state index contributed by atoms with van der Waals surface area (Å²) in [4.78, 5) is 23.2. The molecule has 0 aliphatic rings. The number of hydrogen-bond acceptors (Lipinski definition) is 5. The molecule has 0 saturated carbocycles. The largest absolute Gasteiger partial charge is 0.481 e. The maximum absolute atomic E-state index is 13.7. The number of hydrogen-bond donors (Lipinski definition) is 2. The topological polar surface area (TPSA) is 102 Å². The molecule has 0 aliphatic heterocycles. The summed E-state index contributed by atoms with van der Waals surface area (Å²) in [6.07, 6.45) is -0.452. The number of amides is 1. The highest BCUT2D eigenvalue weighted by Gasteiger charge is 2.18. The number of ether oxygens (including phenoxy) is 1. The molecule has 1 amide bonds. The average Bonchev–Trinajstić information content (AvgIpc) is 3.20. The Morgan fingerprint density at radius 1 is 0.971 bits per heavy atom. The molecule has 4 rings (SSSR count). The number of carboxylic acid groups (broad SMARTS) is 1. The number of carboxylic acids is 1. The fourth-order valence-corrected chi connectivity index (χ4v) is 3.61. The molecule has 1 heterocycles. The van der Waals surface area contributed by atoms with Crippen molar-refractivity contribution in [2.45, 2.75) is 19.8 Å². The summed E-state index contributed by atoms with van der Waals surface area (Å²) in [5.41, 5.74) is 4.67. The number of aromatic nitrogens is 1. The van der Waals surface area contributed by atoms with Gasteiger partial charge in [0.1, 0.15) is 17.2 Å². The third kappa shape index (κ3) is 5.92. The molecule has 0 bridgehead atoms. The van der Waals surface area contributed by atoms with Crippen LogP contribution in [0.25, 0.3) is 22.5 Å². The Bertz CT molecular complexity index is 1330. The van der Waals surface area contributed by atoms with E-state index in [-0.39, 0.29) is 25.3 Å². The Hall–Kier alpha value is -4.46. The van der Waals surface area contributed by atoms with Crippen molar-refractivity contribution < 1.29 is 28.3 Å². The minimum Gasteiger partial charge on any atom is -0.481 e. The number of nitrogens with one attached hydrogen (secondary N) is 1. The first-order valence-corrected chi connectivity index (χ1v) is 11.0. The molecule has 2 N–H and O–H groups in total. The van der Waals surface area contributed by atoms with Gasteiger partial charge < -0.3 is 14.4 Å². The van der Waals surface area contributed by atoms with Crippen molar-refractivity contribution in [2.75, 3.05) is 11.9 Å². The first-order valence-electron chi connectivity index (χ1n) is 11.0. The van der Waals surface area contributed by atoms with Gasteiger partial charge in [-0.15, -0.1) is 0 Å². The van der Waals surface area contributed by atoms with Gasteiger partial charge in [0.25, 0.3) is 0 Å². The maximum Gasteiger partial charge on any atom is 0.411 e. The van der Waals surface area contributed by atoms with Crippen molar-refractivity contribution in [3.63, 3.8) is 0 Å². The Labute approximate surface area is 201 Å². The Morgan fingerprint density at radius 3 is 2.26 bits per heavy atom. The van der Waals surface area contributed by atoms with E-state index in [1.807, 2.05) is 36.4 Å². The molecule has 8 heteroatoms. The highest BCUT2D eigenvalue weighted by Crippen LogP contribution is 2.32. The van der Waals surface area contributed by atoms with Crippen LogP contribution < -0.4 is 5.32 Å². The zero-order chi connectivity index (χ0) is 24.8. The zero-order valence-corrected chi connectivity index (χ0v) is 19.0. The zero-order valence-electron chi connectivity index (χ0n) is 19.0. The summed E-state index contributed by atoms with van der Waals surface area (Å²) in [5, 5.41) is 15.5. The number of rotatable bonds is 8. The Kier molecular flexibility index (Phi) is 7.21. The van der Waals surface area contributed by atoms with Gasteiger partial charge in [-0.1, -0.05) is 71.9 Å². The molecule has 7 nitrogen and oxygen atoms in total. The lowest BCUT2D eigenvalue weighted by molar-refractivity contribution is -0.136. The van der Waals surface area contributed by atoms with E-state index in [1.54, 1.807) is 37.3 Å². The van der Waals surface area contributed by atoms with Crippen LogP contribution in [0.3, 0.4) is 0 Å². The summed E-state index contributed by atoms with van der Waals surface area (Å²) >= 11 is 0. The highest BCUT2D eigenvalue weighted by atomic mass is 19.1. The molecule has 0 unspecified atom stereocenters. The SMILES string of the molecule is Cc1noc(-c2ccc(-c3ccc(CC(=O)O)cc3)cc2)c1NC(=O)OCCc1ccccc1F. The van der Waals surface area contributed by atoms with Crippen molar-refractivity contribution in [3.8, 4) is 22.5 Å². The molecular formula is C27H23FN2O5. The summed E-state index contributed by atoms with van der Waals surface area (Å²) in [6, 6.07) is 21.1. The molecule has 178 valence electrons. The van der Waals surface area contributed by atoms with E-state index < -0.39 is 12.1 Å². The molecule has 0 fully saturated rings. The van der Waals surface area contributed by atoms with Crippen LogP contribution in [-0.2, 0) is 22.4 Å². The lowest BCUT2D eigenvalue weighted by Gasteiger charge is -2.09. The maximum atomic E-state index is 13.7. The van der Waals surface area contributed by atoms with Crippen molar-refractivity contribution in [1.29, 1.82) is 0 Å². The molecule has 1 aromatic heterocycles. The van der Waals surface area contributed by atoms with Gasteiger partial charge in [-0.3, -0.25) is 10.1 Å². The smallest absolute Gasteiger partial charge is 0.411 e. The number of aryl methyl sites for hydroxylation is 1. The van der Waals surface area contributed by atoms with Gasteiger partial charge in [0.2, 0.25) is 0 Å². The molecule has 0 saturated heterocycles. The van der Waals surface area contributed by atoms with Gasteiger partial charge in [-0.25, -0.2) is 9.18 Å². The van der Waals surface area contributed by atoms with E-state index in [0.717, 1.165) is 16.7 Å². The lowest BCUT2D eigenvalue weighted by atomic mass is 10.0. The summed E-state index contributed by atoms with van der Waals surface area (Å²) in [7, 11) is 0. The minimum absolute atomic E-state index is 0.0202. The van der Waals surface area contributed by atoms with E-state index in [0.29, 0.717) is 28.3 Å². The number of anilines is 1. The predicted molar refractivity (Wildman–Crippen MR) is 129 cm³/mol. The quantitative estimate of drug-likeness (QED) is 0.331. The van der Waals surface area contributed by atoms with Crippen LogP contribution in [0.1, 0.15) is 16.8 Å². The van der Waals surface area contributed by atoms with E-state index in [2.05, 4.69) is 10.5 Å². The molecule has 0 atom stereocenters. The molecule has 0 radical (unpaired) electrons. The Morgan fingerprint density at radius 2 is 1.60 bits per heavy atom. The van der Waals surface area contributed by atoms with Crippen LogP contribution >= 0.6 is 0 Å². The second-order valence-electron chi connectivity index (χ2n) is 7.92. The summed E-state index contributed by atoms with van der Waals surface area (Å²) in [6.45, 7) is 1.72. The van der Waals surface area contributed by atoms with Crippen LogP contribution in [-0.4, -0.2) is 28.9 Å². The van der Waals surface area contributed by atoms with E-state index in [4.69, 9.17) is 14.4 Å². The second kappa shape index (κ2) is 10.6. The summed E-state index contributed by atoms with van der Waals surface area (Å²) in [5.74, 6) is -0.826. The van der Waals surface area contributed by atoms with Gasteiger partial charge in [0.15, 0.2) is 5.76 Å². The van der Waals surface area contributed by atoms with Crippen LogP contribution in [0, 0.1) is 12.7 Å². The molecule has 0 spiro atoms. The van der Waals surface area contributed by atoms with Crippen LogP contribution in [0.5, 0.6) is 0 Å². The third-order valence-corrected chi connectivity index (χ3v) is 5.44. The monoisotopic (exact) mass is 474 g/mol. The standard InChI is InChI=1S/C27H23FN2O5/c1-17-25(29-27(33)34-15-14-21-4-2-3-5-23(21)28)26(35-30-17)22-12-10-20(11-13-22)19-8-6-18(7-9-19)16-24(31)32/h2-13H,14-16H2,1H3,(H,29,33)(H,31,32).